The van der Waals surface area contributed by atoms with E-state index in [0.717, 1.165) is 22.4 Å². The highest BCUT2D eigenvalue weighted by atomic mass is 16.2. The zero-order valence-electron chi connectivity index (χ0n) is 18.9. The number of urea groups is 1. The molecule has 1 aliphatic rings. The topological polar surface area (TPSA) is 86.9 Å². The molecule has 0 spiro atoms. The van der Waals surface area contributed by atoms with E-state index in [2.05, 4.69) is 0 Å². The van der Waals surface area contributed by atoms with Crippen LogP contribution in [0.2, 0.25) is 0 Å². The molecule has 1 heterocycles. The summed E-state index contributed by atoms with van der Waals surface area (Å²) in [6.45, 7) is 3.03. The molecule has 33 heavy (non-hydrogen) atoms. The normalized spacial score (nSPS) is 13.4. The molecule has 4 rings (SSSR count). The lowest BCUT2D eigenvalue weighted by atomic mass is 9.97. The molecule has 1 fully saturated rings. The minimum absolute atomic E-state index is 0.0461. The molecule has 3 aromatic rings. The Morgan fingerprint density at radius 2 is 1.55 bits per heavy atom. The van der Waals surface area contributed by atoms with Crippen LogP contribution in [0.1, 0.15) is 26.3 Å². The van der Waals surface area contributed by atoms with Crippen LogP contribution in [0.3, 0.4) is 0 Å². The van der Waals surface area contributed by atoms with E-state index in [-0.39, 0.29) is 11.9 Å². The first-order chi connectivity index (χ1) is 15.8. The SMILES string of the molecule is Cc1c(-c2ccc(C(=O)N(C)C)cc2)cccc1N1CCN(c2cccc(C(N)=O)c2)C1=O. The fourth-order valence-corrected chi connectivity index (χ4v) is 4.11. The van der Waals surface area contributed by atoms with E-state index in [9.17, 15) is 14.4 Å². The van der Waals surface area contributed by atoms with Crippen LogP contribution in [0.25, 0.3) is 11.1 Å². The molecule has 0 unspecified atom stereocenters. The summed E-state index contributed by atoms with van der Waals surface area (Å²) in [5.74, 6) is -0.572. The molecule has 0 atom stereocenters. The maximum absolute atomic E-state index is 13.3. The Hall–Kier alpha value is -4.13. The van der Waals surface area contributed by atoms with Crippen LogP contribution in [-0.4, -0.2) is 49.9 Å². The minimum Gasteiger partial charge on any atom is -0.366 e. The Labute approximate surface area is 193 Å². The molecule has 0 aliphatic carbocycles. The maximum atomic E-state index is 13.3. The molecule has 0 bridgehead atoms. The van der Waals surface area contributed by atoms with E-state index in [1.807, 2.05) is 49.4 Å². The Bertz CT molecular complexity index is 1230. The Morgan fingerprint density at radius 1 is 0.879 bits per heavy atom. The number of nitrogens with zero attached hydrogens (tertiary/aromatic N) is 3. The number of hydrogen-bond acceptors (Lipinski definition) is 3. The number of rotatable bonds is 5. The molecule has 0 saturated carbocycles. The van der Waals surface area contributed by atoms with Crippen molar-refractivity contribution < 1.29 is 14.4 Å². The van der Waals surface area contributed by atoms with E-state index >= 15 is 0 Å². The molecule has 1 aliphatic heterocycles. The van der Waals surface area contributed by atoms with Gasteiger partial charge in [-0.25, -0.2) is 4.79 Å². The predicted molar refractivity (Wildman–Crippen MR) is 130 cm³/mol. The fourth-order valence-electron chi connectivity index (χ4n) is 4.11. The first-order valence-corrected chi connectivity index (χ1v) is 10.7. The number of amides is 4. The van der Waals surface area contributed by atoms with E-state index in [1.165, 1.54) is 0 Å². The Balaban J connectivity index is 1.62. The molecule has 168 valence electrons. The largest absolute Gasteiger partial charge is 0.366 e. The standard InChI is InChI=1S/C26H26N4O3/c1-17-22(18-10-12-19(13-11-18)25(32)28(2)3)8-5-9-23(17)30-15-14-29(26(30)33)21-7-4-6-20(16-21)24(27)31/h4-13,16H,14-15H2,1-3H3,(H2,27,31). The van der Waals surface area contributed by atoms with Crippen LogP contribution >= 0.6 is 0 Å². The van der Waals surface area contributed by atoms with Crippen LogP contribution in [0.5, 0.6) is 0 Å². The van der Waals surface area contributed by atoms with Crippen molar-refractivity contribution in [1.82, 2.24) is 4.90 Å². The van der Waals surface area contributed by atoms with Gasteiger partial charge >= 0.3 is 6.03 Å². The number of benzene rings is 3. The Morgan fingerprint density at radius 3 is 2.21 bits per heavy atom. The number of primary amides is 1. The van der Waals surface area contributed by atoms with Crippen molar-refractivity contribution in [3.8, 4) is 11.1 Å². The summed E-state index contributed by atoms with van der Waals surface area (Å²) in [7, 11) is 3.45. The maximum Gasteiger partial charge on any atom is 0.329 e. The number of nitrogens with two attached hydrogens (primary N) is 1. The second-order valence-corrected chi connectivity index (χ2v) is 8.23. The fraction of sp³-hybridized carbons (Fsp3) is 0.192. The highest BCUT2D eigenvalue weighted by Gasteiger charge is 2.32. The summed E-state index contributed by atoms with van der Waals surface area (Å²) in [6, 6.07) is 20.0. The monoisotopic (exact) mass is 442 g/mol. The van der Waals surface area contributed by atoms with Gasteiger partial charge in [-0.05, 0) is 60.0 Å². The van der Waals surface area contributed by atoms with Crippen LogP contribution in [0.4, 0.5) is 16.2 Å². The summed E-state index contributed by atoms with van der Waals surface area (Å²) in [6.07, 6.45) is 0. The summed E-state index contributed by atoms with van der Waals surface area (Å²) >= 11 is 0. The third-order valence-electron chi connectivity index (χ3n) is 5.90. The van der Waals surface area contributed by atoms with Gasteiger partial charge in [0.25, 0.3) is 5.91 Å². The lowest BCUT2D eigenvalue weighted by Crippen LogP contribution is -2.32. The van der Waals surface area contributed by atoms with Crippen molar-refractivity contribution in [2.75, 3.05) is 37.0 Å². The van der Waals surface area contributed by atoms with Gasteiger partial charge in [-0.2, -0.15) is 0 Å². The molecule has 0 aromatic heterocycles. The third kappa shape index (κ3) is 4.17. The molecule has 7 nitrogen and oxygen atoms in total. The molecular weight excluding hydrogens is 416 g/mol. The average molecular weight is 443 g/mol. The number of carbonyl (C=O) groups is 3. The van der Waals surface area contributed by atoms with Crippen molar-refractivity contribution in [3.63, 3.8) is 0 Å². The molecule has 1 saturated heterocycles. The van der Waals surface area contributed by atoms with E-state index < -0.39 is 5.91 Å². The number of hydrogen-bond donors (Lipinski definition) is 1. The molecule has 7 heteroatoms. The summed E-state index contributed by atoms with van der Waals surface area (Å²) < 4.78 is 0. The number of anilines is 2. The van der Waals surface area contributed by atoms with Crippen molar-refractivity contribution in [3.05, 3.63) is 83.4 Å². The first kappa shape index (κ1) is 22.1. The summed E-state index contributed by atoms with van der Waals surface area (Å²) in [4.78, 5) is 41.9. The van der Waals surface area contributed by atoms with Gasteiger partial charge in [0.15, 0.2) is 0 Å². The van der Waals surface area contributed by atoms with Crippen LogP contribution in [-0.2, 0) is 0 Å². The van der Waals surface area contributed by atoms with Crippen LogP contribution in [0, 0.1) is 6.92 Å². The van der Waals surface area contributed by atoms with Gasteiger partial charge in [0.2, 0.25) is 5.91 Å². The lowest BCUT2D eigenvalue weighted by molar-refractivity contribution is 0.0827. The third-order valence-corrected chi connectivity index (χ3v) is 5.90. The van der Waals surface area contributed by atoms with Crippen molar-refractivity contribution in [2.45, 2.75) is 6.92 Å². The van der Waals surface area contributed by atoms with Gasteiger partial charge in [-0.1, -0.05) is 30.3 Å². The van der Waals surface area contributed by atoms with Gasteiger partial charge in [0, 0.05) is 49.7 Å². The predicted octanol–water partition coefficient (Wildman–Crippen LogP) is 3.91. The highest BCUT2D eigenvalue weighted by molar-refractivity contribution is 6.07. The zero-order chi connectivity index (χ0) is 23.7. The Kier molecular flexibility index (Phi) is 5.87. The first-order valence-electron chi connectivity index (χ1n) is 10.7. The highest BCUT2D eigenvalue weighted by Crippen LogP contribution is 2.34. The van der Waals surface area contributed by atoms with Gasteiger partial charge in [0.1, 0.15) is 0 Å². The second-order valence-electron chi connectivity index (χ2n) is 8.23. The van der Waals surface area contributed by atoms with Gasteiger partial charge < -0.3 is 10.6 Å². The van der Waals surface area contributed by atoms with E-state index in [1.54, 1.807) is 53.1 Å². The molecule has 0 radical (unpaired) electrons. The quantitative estimate of drug-likeness (QED) is 0.650. The van der Waals surface area contributed by atoms with Crippen molar-refractivity contribution in [2.24, 2.45) is 5.73 Å². The van der Waals surface area contributed by atoms with Crippen LogP contribution in [0.15, 0.2) is 66.7 Å². The molecular formula is C26H26N4O3. The van der Waals surface area contributed by atoms with Crippen LogP contribution < -0.4 is 15.5 Å². The number of carbonyl (C=O) groups excluding carboxylic acids is 3. The summed E-state index contributed by atoms with van der Waals surface area (Å²) in [5.41, 5.74) is 10.8. The minimum atomic E-state index is -0.526. The molecule has 4 amide bonds. The van der Waals surface area contributed by atoms with Gasteiger partial charge in [0.05, 0.1) is 0 Å². The van der Waals surface area contributed by atoms with Crippen molar-refractivity contribution in [1.29, 1.82) is 0 Å². The van der Waals surface area contributed by atoms with E-state index in [4.69, 9.17) is 5.73 Å². The molecule has 3 aromatic carbocycles. The van der Waals surface area contributed by atoms with Crippen molar-refractivity contribution >= 4 is 29.2 Å². The summed E-state index contributed by atoms with van der Waals surface area (Å²) in [5, 5.41) is 0. The smallest absolute Gasteiger partial charge is 0.329 e. The van der Waals surface area contributed by atoms with E-state index in [0.29, 0.717) is 29.9 Å². The zero-order valence-corrected chi connectivity index (χ0v) is 18.9. The van der Waals surface area contributed by atoms with Gasteiger partial charge in [-0.15, -0.1) is 0 Å². The second kappa shape index (κ2) is 8.78. The average Bonchev–Trinajstić information content (AvgIpc) is 3.20. The lowest BCUT2D eigenvalue weighted by Gasteiger charge is -2.22. The van der Waals surface area contributed by atoms with Gasteiger partial charge in [-0.3, -0.25) is 19.4 Å². The molecule has 2 N–H and O–H groups in total.